The van der Waals surface area contributed by atoms with Crippen LogP contribution in [0.2, 0.25) is 0 Å². The summed E-state index contributed by atoms with van der Waals surface area (Å²) in [7, 11) is 0. The number of hydrogen-bond acceptors (Lipinski definition) is 8. The fraction of sp³-hybridized carbons (Fsp3) is 0.263. The first-order valence-corrected chi connectivity index (χ1v) is 8.77. The number of nitrogens with zero attached hydrogens (tertiary/aromatic N) is 4. The van der Waals surface area contributed by atoms with Gasteiger partial charge in [0.25, 0.3) is 12.2 Å². The number of nitriles is 1. The third kappa shape index (κ3) is 4.33. The van der Waals surface area contributed by atoms with Gasteiger partial charge in [0.15, 0.2) is 11.9 Å². The predicted octanol–water partition coefficient (Wildman–Crippen LogP) is 0.625. The molecule has 0 saturated heterocycles. The van der Waals surface area contributed by atoms with Gasteiger partial charge >= 0.3 is 0 Å². The Morgan fingerprint density at radius 1 is 1.24 bits per heavy atom. The SMILES string of the molecule is N#CO[C@@H](c1ccc2c(NC(=O)c3ccccc3)ncnn12)[C@H](O)[C@H](O)CCO. The minimum Gasteiger partial charge on any atom is -0.415 e. The van der Waals surface area contributed by atoms with Crippen LogP contribution in [0, 0.1) is 11.5 Å². The molecular weight excluding hydrogens is 378 g/mol. The van der Waals surface area contributed by atoms with E-state index in [-0.39, 0.29) is 30.4 Å². The van der Waals surface area contributed by atoms with E-state index < -0.39 is 18.3 Å². The summed E-state index contributed by atoms with van der Waals surface area (Å²) in [5.41, 5.74) is 1.12. The first-order chi connectivity index (χ1) is 14.1. The maximum Gasteiger partial charge on any atom is 0.287 e. The van der Waals surface area contributed by atoms with Crippen molar-refractivity contribution in [2.45, 2.75) is 24.7 Å². The molecule has 150 valence electrons. The number of aromatic nitrogens is 3. The molecule has 10 heteroatoms. The standard InChI is InChI=1S/C19H19N5O5/c20-10-29-17(16(27)15(26)8-9-25)13-6-7-14-18(21-11-22-24(13)14)23-19(28)12-4-2-1-3-5-12/h1-7,11,15-17,25-27H,8-9H2,(H,21,22,23,28)/t15-,16-,17+/m1/s1. The molecule has 0 bridgehead atoms. The molecule has 1 amide bonds. The van der Waals surface area contributed by atoms with Crippen LogP contribution in [0.5, 0.6) is 0 Å². The molecule has 0 fully saturated rings. The quantitative estimate of drug-likeness (QED) is 0.404. The fourth-order valence-electron chi connectivity index (χ4n) is 2.90. The number of carbonyl (C=O) groups excluding carboxylic acids is 1. The smallest absolute Gasteiger partial charge is 0.287 e. The number of carbonyl (C=O) groups is 1. The van der Waals surface area contributed by atoms with Crippen molar-refractivity contribution in [3.05, 3.63) is 60.0 Å². The van der Waals surface area contributed by atoms with Crippen LogP contribution in [0.25, 0.3) is 5.52 Å². The van der Waals surface area contributed by atoms with E-state index in [0.717, 1.165) is 0 Å². The number of benzene rings is 1. The zero-order valence-corrected chi connectivity index (χ0v) is 15.2. The van der Waals surface area contributed by atoms with Crippen molar-refractivity contribution in [2.24, 2.45) is 0 Å². The molecule has 0 radical (unpaired) electrons. The summed E-state index contributed by atoms with van der Waals surface area (Å²) < 4.78 is 6.31. The Labute approximate surface area is 165 Å². The van der Waals surface area contributed by atoms with Crippen molar-refractivity contribution >= 4 is 17.2 Å². The first-order valence-electron chi connectivity index (χ1n) is 8.77. The average Bonchev–Trinajstić information content (AvgIpc) is 3.17. The lowest BCUT2D eigenvalue weighted by Crippen LogP contribution is -2.34. The summed E-state index contributed by atoms with van der Waals surface area (Å²) in [5.74, 6) is -0.140. The number of aliphatic hydroxyl groups is 3. The molecule has 0 unspecified atom stereocenters. The summed E-state index contributed by atoms with van der Waals surface area (Å²) in [6.45, 7) is -0.343. The highest BCUT2D eigenvalue weighted by atomic mass is 16.5. The molecule has 4 N–H and O–H groups in total. The van der Waals surface area contributed by atoms with E-state index in [1.165, 1.54) is 17.1 Å². The lowest BCUT2D eigenvalue weighted by atomic mass is 10.0. The van der Waals surface area contributed by atoms with Crippen LogP contribution in [0.15, 0.2) is 48.8 Å². The van der Waals surface area contributed by atoms with Gasteiger partial charge in [0.1, 0.15) is 17.9 Å². The monoisotopic (exact) mass is 397 g/mol. The van der Waals surface area contributed by atoms with Crippen molar-refractivity contribution in [1.29, 1.82) is 5.26 Å². The number of rotatable bonds is 8. The highest BCUT2D eigenvalue weighted by Gasteiger charge is 2.32. The summed E-state index contributed by atoms with van der Waals surface area (Å²) in [5, 5.41) is 45.1. The third-order valence-corrected chi connectivity index (χ3v) is 4.35. The topological polar surface area (TPSA) is 153 Å². The van der Waals surface area contributed by atoms with Gasteiger partial charge in [0, 0.05) is 12.2 Å². The second kappa shape index (κ2) is 9.11. The first kappa shape index (κ1) is 20.2. The molecule has 0 aliphatic carbocycles. The van der Waals surface area contributed by atoms with Crippen LogP contribution in [0.4, 0.5) is 5.82 Å². The highest BCUT2D eigenvalue weighted by molar-refractivity contribution is 6.05. The Bertz CT molecular complexity index is 1020. The van der Waals surface area contributed by atoms with Crippen LogP contribution >= 0.6 is 0 Å². The summed E-state index contributed by atoms with van der Waals surface area (Å²) >= 11 is 0. The maximum absolute atomic E-state index is 12.4. The average molecular weight is 397 g/mol. The van der Waals surface area contributed by atoms with Crippen LogP contribution < -0.4 is 5.32 Å². The zero-order valence-electron chi connectivity index (χ0n) is 15.2. The molecule has 10 nitrogen and oxygen atoms in total. The Hall–Kier alpha value is -3.52. The van der Waals surface area contributed by atoms with Gasteiger partial charge in [-0.3, -0.25) is 4.79 Å². The Kier molecular flexibility index (Phi) is 6.36. The fourth-order valence-corrected chi connectivity index (χ4v) is 2.90. The molecule has 0 aliphatic heterocycles. The van der Waals surface area contributed by atoms with Crippen LogP contribution in [0.1, 0.15) is 28.6 Å². The third-order valence-electron chi connectivity index (χ3n) is 4.35. The van der Waals surface area contributed by atoms with Crippen molar-refractivity contribution < 1.29 is 24.9 Å². The molecule has 2 heterocycles. The van der Waals surface area contributed by atoms with Crippen LogP contribution in [0.3, 0.4) is 0 Å². The zero-order chi connectivity index (χ0) is 20.8. The summed E-state index contributed by atoms with van der Waals surface area (Å²) in [6, 6.07) is 11.7. The Balaban J connectivity index is 1.94. The number of aliphatic hydroxyl groups excluding tert-OH is 3. The van der Waals surface area contributed by atoms with E-state index in [1.807, 2.05) is 0 Å². The second-order valence-corrected chi connectivity index (χ2v) is 6.18. The molecule has 1 aromatic carbocycles. The number of ether oxygens (including phenoxy) is 1. The number of fused-ring (bicyclic) bond motifs is 1. The van der Waals surface area contributed by atoms with Crippen LogP contribution in [-0.2, 0) is 4.74 Å². The van der Waals surface area contributed by atoms with Crippen molar-refractivity contribution in [1.82, 2.24) is 14.6 Å². The van der Waals surface area contributed by atoms with Gasteiger partial charge in [-0.2, -0.15) is 10.4 Å². The summed E-state index contributed by atoms with van der Waals surface area (Å²) in [6.07, 6.45) is -1.43. The van der Waals surface area contributed by atoms with Crippen molar-refractivity contribution in [3.8, 4) is 6.26 Å². The van der Waals surface area contributed by atoms with E-state index in [9.17, 15) is 15.0 Å². The lowest BCUT2D eigenvalue weighted by molar-refractivity contribution is -0.0695. The van der Waals surface area contributed by atoms with E-state index in [4.69, 9.17) is 15.1 Å². The molecule has 0 spiro atoms. The van der Waals surface area contributed by atoms with E-state index >= 15 is 0 Å². The van der Waals surface area contributed by atoms with Gasteiger partial charge in [-0.25, -0.2) is 9.50 Å². The van der Waals surface area contributed by atoms with Gasteiger partial charge in [0.05, 0.1) is 11.8 Å². The predicted molar refractivity (Wildman–Crippen MR) is 101 cm³/mol. The van der Waals surface area contributed by atoms with Gasteiger partial charge in [0.2, 0.25) is 0 Å². The Morgan fingerprint density at radius 3 is 2.69 bits per heavy atom. The molecule has 29 heavy (non-hydrogen) atoms. The minimum atomic E-state index is -1.49. The Morgan fingerprint density at radius 2 is 2.00 bits per heavy atom. The van der Waals surface area contributed by atoms with Crippen molar-refractivity contribution in [3.63, 3.8) is 0 Å². The van der Waals surface area contributed by atoms with Crippen molar-refractivity contribution in [2.75, 3.05) is 11.9 Å². The van der Waals surface area contributed by atoms with E-state index in [0.29, 0.717) is 11.1 Å². The van der Waals surface area contributed by atoms with E-state index in [1.54, 1.807) is 42.5 Å². The number of hydrogen-bond donors (Lipinski definition) is 4. The maximum atomic E-state index is 12.4. The van der Waals surface area contributed by atoms with Gasteiger partial charge in [-0.05, 0) is 30.7 Å². The largest absolute Gasteiger partial charge is 0.415 e. The lowest BCUT2D eigenvalue weighted by Gasteiger charge is -2.24. The van der Waals surface area contributed by atoms with Crippen LogP contribution in [-0.4, -0.2) is 54.6 Å². The number of anilines is 1. The minimum absolute atomic E-state index is 0.0941. The molecular formula is C19H19N5O5. The molecule has 2 aromatic heterocycles. The molecule has 3 aromatic rings. The molecule has 0 aliphatic rings. The van der Waals surface area contributed by atoms with Gasteiger partial charge < -0.3 is 25.4 Å². The van der Waals surface area contributed by atoms with Gasteiger partial charge in [-0.1, -0.05) is 18.2 Å². The van der Waals surface area contributed by atoms with E-state index in [2.05, 4.69) is 15.4 Å². The summed E-state index contributed by atoms with van der Waals surface area (Å²) in [4.78, 5) is 16.5. The number of amides is 1. The molecule has 3 rings (SSSR count). The normalized spacial score (nSPS) is 14.0. The molecule has 0 saturated carbocycles. The van der Waals surface area contributed by atoms with Gasteiger partial charge in [-0.15, -0.1) is 0 Å². The molecule has 3 atom stereocenters. The second-order valence-electron chi connectivity index (χ2n) is 6.18. The number of nitrogens with one attached hydrogen (secondary N) is 1. The highest BCUT2D eigenvalue weighted by Crippen LogP contribution is 2.27.